The van der Waals surface area contributed by atoms with E-state index in [0.717, 1.165) is 47.9 Å². The van der Waals surface area contributed by atoms with Crippen LogP contribution in [-0.2, 0) is 11.3 Å². The summed E-state index contributed by atoms with van der Waals surface area (Å²) in [4.78, 5) is 2.11. The first-order chi connectivity index (χ1) is 8.59. The summed E-state index contributed by atoms with van der Waals surface area (Å²) in [6.07, 6.45) is 0. The van der Waals surface area contributed by atoms with Crippen molar-refractivity contribution in [2.45, 2.75) is 6.54 Å². The quantitative estimate of drug-likeness (QED) is 0.739. The summed E-state index contributed by atoms with van der Waals surface area (Å²) in [5.41, 5.74) is 1.16. The zero-order valence-corrected chi connectivity index (χ0v) is 13.2. The molecule has 1 N–H and O–H groups in total. The molecule has 0 saturated carbocycles. The molecule has 1 aromatic rings. The molecule has 0 aromatic heterocycles. The molecule has 0 amide bonds. The van der Waals surface area contributed by atoms with Gasteiger partial charge >= 0.3 is 0 Å². The molecule has 0 radical (unpaired) electrons. The number of likely N-dealkylation sites (N-methyl/N-ethyl adjacent to an activating group) is 1. The second-order valence-corrected chi connectivity index (χ2v) is 5.62. The lowest BCUT2D eigenvalue weighted by Crippen LogP contribution is -2.23. The molecule has 0 aliphatic heterocycles. The maximum Gasteiger partial charge on any atom is 0.0593 e. The third-order valence-electron chi connectivity index (χ3n) is 2.43. The fourth-order valence-electron chi connectivity index (χ4n) is 1.40. The molecular formula is C13H20BrClN2O. The Bertz CT molecular complexity index is 361. The van der Waals surface area contributed by atoms with Crippen molar-refractivity contribution in [1.29, 1.82) is 0 Å². The van der Waals surface area contributed by atoms with E-state index in [0.29, 0.717) is 0 Å². The molecule has 5 heteroatoms. The first-order valence-corrected chi connectivity index (χ1v) is 7.14. The molecule has 1 rings (SSSR count). The molecule has 0 spiro atoms. The molecule has 0 fully saturated rings. The van der Waals surface area contributed by atoms with Crippen LogP contribution in [0.4, 0.5) is 0 Å². The van der Waals surface area contributed by atoms with Crippen molar-refractivity contribution in [3.63, 3.8) is 0 Å². The number of hydrogen-bond donors (Lipinski definition) is 1. The van der Waals surface area contributed by atoms with Crippen molar-refractivity contribution in [3.8, 4) is 0 Å². The average Bonchev–Trinajstić information content (AvgIpc) is 2.32. The van der Waals surface area contributed by atoms with Gasteiger partial charge < -0.3 is 15.0 Å². The largest absolute Gasteiger partial charge is 0.379 e. The summed E-state index contributed by atoms with van der Waals surface area (Å²) < 4.78 is 6.57. The molecule has 1 aromatic carbocycles. The fourth-order valence-corrected chi connectivity index (χ4v) is 1.98. The maximum atomic E-state index is 5.95. The van der Waals surface area contributed by atoms with Gasteiger partial charge in [0.2, 0.25) is 0 Å². The zero-order valence-electron chi connectivity index (χ0n) is 10.9. The van der Waals surface area contributed by atoms with Crippen molar-refractivity contribution in [2.75, 3.05) is 40.4 Å². The van der Waals surface area contributed by atoms with Crippen molar-refractivity contribution < 1.29 is 4.74 Å². The van der Waals surface area contributed by atoms with Crippen molar-refractivity contribution in [2.24, 2.45) is 0 Å². The van der Waals surface area contributed by atoms with Gasteiger partial charge in [-0.05, 0) is 37.9 Å². The van der Waals surface area contributed by atoms with Crippen LogP contribution in [0.25, 0.3) is 0 Å². The van der Waals surface area contributed by atoms with Crippen LogP contribution >= 0.6 is 27.5 Å². The highest BCUT2D eigenvalue weighted by Crippen LogP contribution is 2.20. The predicted octanol–water partition coefficient (Wildman–Crippen LogP) is 2.77. The van der Waals surface area contributed by atoms with Crippen LogP contribution in [0.15, 0.2) is 22.7 Å². The van der Waals surface area contributed by atoms with Gasteiger partial charge in [0.25, 0.3) is 0 Å². The van der Waals surface area contributed by atoms with Gasteiger partial charge in [-0.1, -0.05) is 27.5 Å². The Hall–Kier alpha value is -0.130. The molecule has 0 saturated heterocycles. The van der Waals surface area contributed by atoms with E-state index in [9.17, 15) is 0 Å². The standard InChI is InChI=1S/C13H20BrClN2O/c1-17(2)6-8-18-7-5-16-10-11-9-12(15)3-4-13(11)14/h3-4,9,16H,5-8,10H2,1-2H3. The molecule has 0 heterocycles. The smallest absolute Gasteiger partial charge is 0.0593 e. The van der Waals surface area contributed by atoms with Crippen LogP contribution in [0, 0.1) is 0 Å². The number of halogens is 2. The van der Waals surface area contributed by atoms with Gasteiger partial charge in [-0.15, -0.1) is 0 Å². The van der Waals surface area contributed by atoms with Gasteiger partial charge in [0.05, 0.1) is 13.2 Å². The molecule has 0 unspecified atom stereocenters. The van der Waals surface area contributed by atoms with Crippen molar-refractivity contribution in [1.82, 2.24) is 10.2 Å². The molecule has 3 nitrogen and oxygen atoms in total. The Kier molecular flexibility index (Phi) is 7.86. The molecule has 18 heavy (non-hydrogen) atoms. The minimum absolute atomic E-state index is 0.728. The van der Waals surface area contributed by atoms with E-state index >= 15 is 0 Å². The topological polar surface area (TPSA) is 24.5 Å². The van der Waals surface area contributed by atoms with E-state index in [1.54, 1.807) is 0 Å². The highest BCUT2D eigenvalue weighted by atomic mass is 79.9. The fraction of sp³-hybridized carbons (Fsp3) is 0.538. The summed E-state index contributed by atoms with van der Waals surface area (Å²) in [5, 5.41) is 4.09. The zero-order chi connectivity index (χ0) is 13.4. The van der Waals surface area contributed by atoms with Gasteiger partial charge in [-0.2, -0.15) is 0 Å². The lowest BCUT2D eigenvalue weighted by atomic mass is 10.2. The SMILES string of the molecule is CN(C)CCOCCNCc1cc(Cl)ccc1Br. The summed E-state index contributed by atoms with van der Waals surface area (Å²) >= 11 is 9.45. The Labute approximate surface area is 123 Å². The Morgan fingerprint density at radius 3 is 2.83 bits per heavy atom. The third kappa shape index (κ3) is 6.71. The predicted molar refractivity (Wildman–Crippen MR) is 80.2 cm³/mol. The Morgan fingerprint density at radius 1 is 1.33 bits per heavy atom. The Morgan fingerprint density at radius 2 is 2.11 bits per heavy atom. The molecule has 102 valence electrons. The van der Waals surface area contributed by atoms with Crippen LogP contribution in [0.5, 0.6) is 0 Å². The number of benzene rings is 1. The van der Waals surface area contributed by atoms with Gasteiger partial charge in [-0.25, -0.2) is 0 Å². The number of hydrogen-bond acceptors (Lipinski definition) is 3. The first-order valence-electron chi connectivity index (χ1n) is 5.96. The van der Waals surface area contributed by atoms with Crippen LogP contribution in [0.1, 0.15) is 5.56 Å². The van der Waals surface area contributed by atoms with Gasteiger partial charge in [0.1, 0.15) is 0 Å². The lowest BCUT2D eigenvalue weighted by molar-refractivity contribution is 0.119. The molecule has 0 atom stereocenters. The number of rotatable bonds is 8. The lowest BCUT2D eigenvalue weighted by Gasteiger charge is -2.10. The summed E-state index contributed by atoms with van der Waals surface area (Å²) in [6.45, 7) is 4.09. The normalized spacial score (nSPS) is 11.2. The molecular weight excluding hydrogens is 316 g/mol. The molecule has 0 bridgehead atoms. The van der Waals surface area contributed by atoms with Gasteiger partial charge in [-0.3, -0.25) is 0 Å². The van der Waals surface area contributed by atoms with E-state index < -0.39 is 0 Å². The highest BCUT2D eigenvalue weighted by molar-refractivity contribution is 9.10. The number of nitrogens with one attached hydrogen (secondary N) is 1. The summed E-state index contributed by atoms with van der Waals surface area (Å²) in [5.74, 6) is 0. The number of ether oxygens (including phenoxy) is 1. The van der Waals surface area contributed by atoms with Crippen molar-refractivity contribution in [3.05, 3.63) is 33.3 Å². The molecule has 0 aliphatic carbocycles. The van der Waals surface area contributed by atoms with Gasteiger partial charge in [0, 0.05) is 29.1 Å². The van der Waals surface area contributed by atoms with E-state index in [1.165, 1.54) is 0 Å². The van der Waals surface area contributed by atoms with Gasteiger partial charge in [0.15, 0.2) is 0 Å². The van der Waals surface area contributed by atoms with Crippen LogP contribution in [0.2, 0.25) is 5.02 Å². The monoisotopic (exact) mass is 334 g/mol. The van der Waals surface area contributed by atoms with Crippen molar-refractivity contribution >= 4 is 27.5 Å². The van der Waals surface area contributed by atoms with Crippen LogP contribution in [0.3, 0.4) is 0 Å². The maximum absolute atomic E-state index is 5.95. The van der Waals surface area contributed by atoms with Crippen LogP contribution < -0.4 is 5.32 Å². The second-order valence-electron chi connectivity index (χ2n) is 4.33. The number of nitrogens with zero attached hydrogens (tertiary/aromatic N) is 1. The van der Waals surface area contributed by atoms with E-state index in [-0.39, 0.29) is 0 Å². The first kappa shape index (κ1) is 15.9. The Balaban J connectivity index is 2.12. The molecule has 0 aliphatic rings. The second kappa shape index (κ2) is 8.88. The summed E-state index contributed by atoms with van der Waals surface area (Å²) in [7, 11) is 4.08. The van der Waals surface area contributed by atoms with Crippen LogP contribution in [-0.4, -0.2) is 45.3 Å². The summed E-state index contributed by atoms with van der Waals surface area (Å²) in [6, 6.07) is 5.80. The minimum atomic E-state index is 0.728. The average molecular weight is 336 g/mol. The third-order valence-corrected chi connectivity index (χ3v) is 3.44. The van der Waals surface area contributed by atoms with E-state index in [2.05, 4.69) is 26.1 Å². The highest BCUT2D eigenvalue weighted by Gasteiger charge is 2.00. The van der Waals surface area contributed by atoms with E-state index in [4.69, 9.17) is 16.3 Å². The van der Waals surface area contributed by atoms with E-state index in [1.807, 2.05) is 32.3 Å². The minimum Gasteiger partial charge on any atom is -0.379 e.